The molecule has 4 nitrogen and oxygen atoms in total. The van der Waals surface area contributed by atoms with E-state index in [2.05, 4.69) is 35.9 Å². The van der Waals surface area contributed by atoms with Gasteiger partial charge in [-0.15, -0.1) is 0 Å². The molecule has 108 valence electrons. The molecule has 1 saturated heterocycles. The molecule has 2 atom stereocenters. The van der Waals surface area contributed by atoms with Crippen molar-refractivity contribution >= 4 is 0 Å². The van der Waals surface area contributed by atoms with Crippen LogP contribution in [-0.2, 0) is 17.4 Å². The van der Waals surface area contributed by atoms with Gasteiger partial charge in [-0.1, -0.05) is 6.92 Å². The zero-order valence-electron chi connectivity index (χ0n) is 10.7. The molecule has 0 aromatic carbocycles. The summed E-state index contributed by atoms with van der Waals surface area (Å²) in [6.07, 6.45) is 3.27. The second kappa shape index (κ2) is 22.9. The van der Waals surface area contributed by atoms with Crippen LogP contribution in [0.2, 0.25) is 0 Å². The van der Waals surface area contributed by atoms with E-state index in [1.807, 2.05) is 0 Å². The van der Waals surface area contributed by atoms with Gasteiger partial charge in [0.2, 0.25) is 0 Å². The standard InChI is InChI=1S/C8H16N4.C2H5.3ClH.Cr/c1-2-7-10-6-11-8(12-7)4-3-5-9;1-2;;;;/h7-8,10-12H,2-4,6H2,1H3;1H2,2H3;3*1H;/q;-1;;;;+4/p-3. The monoisotopic (exact) mass is 354 g/mol. The van der Waals surface area contributed by atoms with E-state index in [-0.39, 0.29) is 54.6 Å². The van der Waals surface area contributed by atoms with Crippen LogP contribution in [0.1, 0.15) is 33.1 Å². The molecule has 1 fully saturated rings. The Morgan fingerprint density at radius 1 is 1.17 bits per heavy atom. The average molecular weight is 356 g/mol. The van der Waals surface area contributed by atoms with Gasteiger partial charge in [0.15, 0.2) is 0 Å². The first-order valence-corrected chi connectivity index (χ1v) is 5.17. The van der Waals surface area contributed by atoms with E-state index in [0.29, 0.717) is 18.8 Å². The molecule has 18 heavy (non-hydrogen) atoms. The summed E-state index contributed by atoms with van der Waals surface area (Å²) in [7, 11) is 0. The van der Waals surface area contributed by atoms with Gasteiger partial charge in [-0.05, 0) is 12.8 Å². The Labute approximate surface area is 140 Å². The van der Waals surface area contributed by atoms with Gasteiger partial charge < -0.3 is 44.1 Å². The van der Waals surface area contributed by atoms with Gasteiger partial charge in [-0.2, -0.15) is 12.2 Å². The minimum Gasteiger partial charge on any atom is -1.00 e. The Balaban J connectivity index is -0.0000000894. The fraction of sp³-hybridized carbons (Fsp3) is 0.800. The number of hydrogen-bond donors (Lipinski definition) is 3. The molecule has 0 radical (unpaired) electrons. The van der Waals surface area contributed by atoms with Crippen molar-refractivity contribution in [1.29, 1.82) is 5.26 Å². The van der Waals surface area contributed by atoms with Gasteiger partial charge in [-0.3, -0.25) is 16.0 Å². The van der Waals surface area contributed by atoms with E-state index in [1.165, 1.54) is 0 Å². The number of halogens is 3. The quantitative estimate of drug-likeness (QED) is 0.440. The van der Waals surface area contributed by atoms with Gasteiger partial charge in [0.25, 0.3) is 0 Å². The molecule has 1 aliphatic heterocycles. The summed E-state index contributed by atoms with van der Waals surface area (Å²) in [4.78, 5) is 0. The third-order valence-electron chi connectivity index (χ3n) is 2.05. The SMILES string of the molecule is CCC1NCNC(CCC#N)N1.[CH2-]C.[Cl-].[Cl-].[Cl-].[Cr+4]. The first kappa shape index (κ1) is 31.3. The predicted molar refractivity (Wildman–Crippen MR) is 58.0 cm³/mol. The third-order valence-corrected chi connectivity index (χ3v) is 2.05. The molecule has 1 aliphatic rings. The number of nitrogens with one attached hydrogen (secondary N) is 3. The van der Waals surface area contributed by atoms with Crippen LogP contribution in [0.15, 0.2) is 0 Å². The normalized spacial score (nSPS) is 20.1. The van der Waals surface area contributed by atoms with Crippen molar-refractivity contribution in [3.63, 3.8) is 0 Å². The summed E-state index contributed by atoms with van der Waals surface area (Å²) >= 11 is 0. The molecule has 1 rings (SSSR count). The van der Waals surface area contributed by atoms with Crippen molar-refractivity contribution in [1.82, 2.24) is 16.0 Å². The van der Waals surface area contributed by atoms with Crippen molar-refractivity contribution < 1.29 is 54.6 Å². The fourth-order valence-corrected chi connectivity index (χ4v) is 1.32. The second-order valence-corrected chi connectivity index (χ2v) is 2.96. The van der Waals surface area contributed by atoms with Crippen molar-refractivity contribution in [2.24, 2.45) is 0 Å². The van der Waals surface area contributed by atoms with Crippen LogP contribution in [0.3, 0.4) is 0 Å². The van der Waals surface area contributed by atoms with Crippen LogP contribution < -0.4 is 53.2 Å². The summed E-state index contributed by atoms with van der Waals surface area (Å²) in [5.74, 6) is 0. The summed E-state index contributed by atoms with van der Waals surface area (Å²) in [6.45, 7) is 7.97. The average Bonchev–Trinajstić information content (AvgIpc) is 2.29. The molecule has 0 aliphatic carbocycles. The first-order chi connectivity index (χ1) is 6.86. The number of nitrogens with zero attached hydrogens (tertiary/aromatic N) is 1. The zero-order valence-corrected chi connectivity index (χ0v) is 14.2. The number of nitriles is 1. The second-order valence-electron chi connectivity index (χ2n) is 2.96. The summed E-state index contributed by atoms with van der Waals surface area (Å²) in [6, 6.07) is 2.15. The van der Waals surface area contributed by atoms with Crippen molar-refractivity contribution in [3.05, 3.63) is 6.92 Å². The van der Waals surface area contributed by atoms with Crippen LogP contribution in [0.25, 0.3) is 0 Å². The van der Waals surface area contributed by atoms with E-state index in [4.69, 9.17) is 5.26 Å². The third kappa shape index (κ3) is 14.8. The molecule has 2 unspecified atom stereocenters. The number of rotatable bonds is 3. The van der Waals surface area contributed by atoms with Gasteiger partial charge in [0.05, 0.1) is 18.4 Å². The van der Waals surface area contributed by atoms with Crippen LogP contribution in [0.4, 0.5) is 0 Å². The molecule has 0 saturated carbocycles. The molecular weight excluding hydrogens is 334 g/mol. The Hall–Kier alpha value is 0.772. The van der Waals surface area contributed by atoms with E-state index >= 15 is 0 Å². The van der Waals surface area contributed by atoms with Crippen LogP contribution >= 0.6 is 0 Å². The molecule has 0 bridgehead atoms. The van der Waals surface area contributed by atoms with E-state index < -0.39 is 0 Å². The maximum absolute atomic E-state index is 8.40. The molecule has 8 heteroatoms. The van der Waals surface area contributed by atoms with Crippen molar-refractivity contribution in [2.45, 2.75) is 45.4 Å². The van der Waals surface area contributed by atoms with Gasteiger partial charge in [0.1, 0.15) is 0 Å². The van der Waals surface area contributed by atoms with Crippen molar-refractivity contribution in [3.8, 4) is 6.07 Å². The molecule has 1 heterocycles. The maximum atomic E-state index is 8.40. The van der Waals surface area contributed by atoms with Crippen LogP contribution in [0.5, 0.6) is 0 Å². The Morgan fingerprint density at radius 3 is 2.11 bits per heavy atom. The van der Waals surface area contributed by atoms with Gasteiger partial charge in [-0.25, -0.2) is 0 Å². The van der Waals surface area contributed by atoms with Gasteiger partial charge in [0, 0.05) is 13.1 Å². The van der Waals surface area contributed by atoms with E-state index in [1.54, 1.807) is 6.92 Å². The summed E-state index contributed by atoms with van der Waals surface area (Å²) in [5.41, 5.74) is 0. The molecule has 0 aromatic heterocycles. The molecule has 0 spiro atoms. The van der Waals surface area contributed by atoms with Crippen LogP contribution in [-0.4, -0.2) is 19.0 Å². The van der Waals surface area contributed by atoms with E-state index in [0.717, 1.165) is 19.5 Å². The Bertz CT molecular complexity index is 181. The maximum Gasteiger partial charge on any atom is 4.00 e. The Morgan fingerprint density at radius 2 is 1.67 bits per heavy atom. The van der Waals surface area contributed by atoms with Gasteiger partial charge >= 0.3 is 17.4 Å². The molecule has 0 amide bonds. The first-order valence-electron chi connectivity index (χ1n) is 5.17. The topological polar surface area (TPSA) is 59.9 Å². The van der Waals surface area contributed by atoms with Crippen molar-refractivity contribution in [2.75, 3.05) is 6.67 Å². The largest absolute Gasteiger partial charge is 4.00 e. The molecule has 0 aromatic rings. The minimum absolute atomic E-state index is 0. The summed E-state index contributed by atoms with van der Waals surface area (Å²) < 4.78 is 0. The fourth-order valence-electron chi connectivity index (χ4n) is 1.32. The zero-order chi connectivity index (χ0) is 10.8. The molecular formula is C10H21Cl3CrN4. The summed E-state index contributed by atoms with van der Waals surface area (Å²) in [5, 5.41) is 18.3. The predicted octanol–water partition coefficient (Wildman–Crippen LogP) is -8.06. The van der Waals surface area contributed by atoms with E-state index in [9.17, 15) is 0 Å². The van der Waals surface area contributed by atoms with Crippen LogP contribution in [0, 0.1) is 18.3 Å². The molecule has 3 N–H and O–H groups in total. The Kier molecular flexibility index (Phi) is 39.8. The smallest absolute Gasteiger partial charge is 1.00 e. The number of hydrogen-bond acceptors (Lipinski definition) is 4. The minimum atomic E-state index is 0.